The zero-order valence-corrected chi connectivity index (χ0v) is 17.5. The Kier molecular flexibility index (Phi) is 7.01. The summed E-state index contributed by atoms with van der Waals surface area (Å²) in [4.78, 5) is 6.06. The van der Waals surface area contributed by atoms with E-state index in [1.54, 1.807) is 6.07 Å². The van der Waals surface area contributed by atoms with Gasteiger partial charge in [0.1, 0.15) is 0 Å². The number of benzene rings is 1. The van der Waals surface area contributed by atoms with Crippen molar-refractivity contribution < 1.29 is 23.0 Å². The van der Waals surface area contributed by atoms with Gasteiger partial charge in [0.15, 0.2) is 5.96 Å². The Morgan fingerprint density at radius 1 is 1.30 bits per heavy atom. The second kappa shape index (κ2) is 8.52. The van der Waals surface area contributed by atoms with Gasteiger partial charge in [0, 0.05) is 32.2 Å². The molecule has 0 amide bonds. The molecule has 2 aliphatic rings. The van der Waals surface area contributed by atoms with Crippen molar-refractivity contribution in [1.82, 2.24) is 10.2 Å². The van der Waals surface area contributed by atoms with Crippen LogP contribution in [0, 0.1) is 5.41 Å². The van der Waals surface area contributed by atoms with Crippen LogP contribution in [0.4, 0.5) is 13.2 Å². The number of alkyl halides is 3. The minimum Gasteiger partial charge on any atom is -0.381 e. The lowest BCUT2D eigenvalue weighted by molar-refractivity contribution is -0.263. The third-order valence-corrected chi connectivity index (χ3v) is 5.36. The number of ether oxygens (including phenoxy) is 1. The summed E-state index contributed by atoms with van der Waals surface area (Å²) >= 11 is 0. The first-order valence-corrected chi connectivity index (χ1v) is 8.68. The lowest BCUT2D eigenvalue weighted by Crippen LogP contribution is -2.53. The molecule has 0 aliphatic carbocycles. The van der Waals surface area contributed by atoms with Crippen molar-refractivity contribution >= 4 is 29.9 Å². The van der Waals surface area contributed by atoms with Crippen molar-refractivity contribution in [3.05, 3.63) is 35.9 Å². The fraction of sp³-hybridized carbons (Fsp3) is 0.611. The summed E-state index contributed by atoms with van der Waals surface area (Å²) in [6.45, 7) is 2.10. The second-order valence-corrected chi connectivity index (χ2v) is 7.10. The number of halogens is 4. The van der Waals surface area contributed by atoms with Gasteiger partial charge in [-0.05, 0) is 18.4 Å². The van der Waals surface area contributed by atoms with Crippen LogP contribution >= 0.6 is 24.0 Å². The minimum absolute atomic E-state index is 0. The molecule has 27 heavy (non-hydrogen) atoms. The summed E-state index contributed by atoms with van der Waals surface area (Å²) in [5, 5.41) is 13.2. The summed E-state index contributed by atoms with van der Waals surface area (Å²) in [7, 11) is 1.54. The molecular formula is C18H25F3IN3O2. The quantitative estimate of drug-likeness (QED) is 0.382. The highest BCUT2D eigenvalue weighted by atomic mass is 127. The number of aliphatic hydroxyl groups is 1. The Morgan fingerprint density at radius 3 is 2.56 bits per heavy atom. The van der Waals surface area contributed by atoms with Gasteiger partial charge < -0.3 is 20.1 Å². The van der Waals surface area contributed by atoms with Gasteiger partial charge in [0.2, 0.25) is 5.60 Å². The number of likely N-dealkylation sites (tertiary alicyclic amines) is 1. The third-order valence-electron chi connectivity index (χ3n) is 5.36. The first kappa shape index (κ1) is 22.2. The molecular weight excluding hydrogens is 474 g/mol. The fourth-order valence-corrected chi connectivity index (χ4v) is 3.71. The summed E-state index contributed by atoms with van der Waals surface area (Å²) in [5.74, 6) is 0.368. The molecule has 2 fully saturated rings. The van der Waals surface area contributed by atoms with Gasteiger partial charge in [-0.2, -0.15) is 13.2 Å². The third kappa shape index (κ3) is 4.51. The van der Waals surface area contributed by atoms with Crippen molar-refractivity contribution in [2.24, 2.45) is 10.4 Å². The predicted octanol–water partition coefficient (Wildman–Crippen LogP) is 2.74. The van der Waals surface area contributed by atoms with E-state index in [0.29, 0.717) is 25.7 Å². The number of hydrogen-bond acceptors (Lipinski definition) is 3. The Balaban J connectivity index is 0.00000261. The van der Waals surface area contributed by atoms with Crippen LogP contribution in [0.1, 0.15) is 18.4 Å². The smallest absolute Gasteiger partial charge is 0.381 e. The van der Waals surface area contributed by atoms with E-state index in [2.05, 4.69) is 10.3 Å². The molecule has 0 radical (unpaired) electrons. The van der Waals surface area contributed by atoms with Crippen molar-refractivity contribution in [3.63, 3.8) is 0 Å². The average Bonchev–Trinajstić information content (AvgIpc) is 3.25. The van der Waals surface area contributed by atoms with E-state index in [4.69, 9.17) is 4.74 Å². The summed E-state index contributed by atoms with van der Waals surface area (Å²) in [6.07, 6.45) is -2.93. The molecule has 0 bridgehead atoms. The van der Waals surface area contributed by atoms with E-state index < -0.39 is 18.3 Å². The molecule has 2 unspecified atom stereocenters. The molecule has 0 saturated carbocycles. The molecule has 2 saturated heterocycles. The summed E-state index contributed by atoms with van der Waals surface area (Å²) in [6, 6.07) is 7.12. The Morgan fingerprint density at radius 2 is 2.00 bits per heavy atom. The van der Waals surface area contributed by atoms with Gasteiger partial charge in [-0.3, -0.25) is 4.99 Å². The maximum Gasteiger partial charge on any atom is 0.423 e. The normalized spacial score (nSPS) is 25.4. The summed E-state index contributed by atoms with van der Waals surface area (Å²) in [5.41, 5.74) is -3.12. The standard InChI is InChI=1S/C18H24F3N3O2.HI/c1-22-15(24-9-7-16(12-24)8-10-26-13-16)23-11-17(25,18(19,20)21)14-5-3-2-4-6-14;/h2-6,25H,7-13H2,1H3,(H,22,23);1H. The molecule has 2 N–H and O–H groups in total. The summed E-state index contributed by atoms with van der Waals surface area (Å²) < 4.78 is 46.3. The van der Waals surface area contributed by atoms with E-state index in [9.17, 15) is 18.3 Å². The van der Waals surface area contributed by atoms with Crippen molar-refractivity contribution in [2.45, 2.75) is 24.6 Å². The topological polar surface area (TPSA) is 57.1 Å². The zero-order valence-electron chi connectivity index (χ0n) is 15.1. The van der Waals surface area contributed by atoms with Crippen molar-refractivity contribution in [2.75, 3.05) is 39.9 Å². The van der Waals surface area contributed by atoms with Gasteiger partial charge in [0.05, 0.1) is 13.2 Å². The van der Waals surface area contributed by atoms with E-state index in [1.165, 1.54) is 31.3 Å². The molecule has 5 nitrogen and oxygen atoms in total. The fourth-order valence-electron chi connectivity index (χ4n) is 3.71. The maximum absolute atomic E-state index is 13.6. The second-order valence-electron chi connectivity index (χ2n) is 7.10. The molecule has 0 aromatic heterocycles. The van der Waals surface area contributed by atoms with E-state index >= 15 is 0 Å². The molecule has 152 valence electrons. The van der Waals surface area contributed by atoms with E-state index in [1.807, 2.05) is 4.90 Å². The monoisotopic (exact) mass is 499 g/mol. The van der Waals surface area contributed by atoms with Crippen molar-refractivity contribution in [3.8, 4) is 0 Å². The van der Waals surface area contributed by atoms with Crippen LogP contribution in [0.3, 0.4) is 0 Å². The SMILES string of the molecule is CN=C(NCC(O)(c1ccccc1)C(F)(F)F)N1CCC2(CCOC2)C1.I. The van der Waals surface area contributed by atoms with E-state index in [0.717, 1.165) is 19.4 Å². The lowest BCUT2D eigenvalue weighted by atomic mass is 9.87. The lowest BCUT2D eigenvalue weighted by Gasteiger charge is -2.33. The highest BCUT2D eigenvalue weighted by Crippen LogP contribution is 2.40. The predicted molar refractivity (Wildman–Crippen MR) is 107 cm³/mol. The van der Waals surface area contributed by atoms with Crippen LogP contribution in [0.2, 0.25) is 0 Å². The zero-order chi connectivity index (χ0) is 18.8. The first-order valence-electron chi connectivity index (χ1n) is 8.68. The Labute approximate surface area is 174 Å². The van der Waals surface area contributed by atoms with Crippen LogP contribution in [0.25, 0.3) is 0 Å². The highest BCUT2D eigenvalue weighted by Gasteiger charge is 2.55. The van der Waals surface area contributed by atoms with Crippen molar-refractivity contribution in [1.29, 1.82) is 0 Å². The maximum atomic E-state index is 13.6. The number of guanidine groups is 1. The van der Waals surface area contributed by atoms with Crippen LogP contribution in [-0.4, -0.2) is 62.0 Å². The molecule has 2 heterocycles. The molecule has 2 aliphatic heterocycles. The highest BCUT2D eigenvalue weighted by molar-refractivity contribution is 14.0. The molecule has 1 aromatic rings. The van der Waals surface area contributed by atoms with Gasteiger partial charge >= 0.3 is 6.18 Å². The minimum atomic E-state index is -4.81. The molecule has 9 heteroatoms. The first-order chi connectivity index (χ1) is 12.3. The van der Waals surface area contributed by atoms with Gasteiger partial charge in [-0.25, -0.2) is 0 Å². The molecule has 2 atom stereocenters. The number of rotatable bonds is 3. The van der Waals surface area contributed by atoms with Crippen LogP contribution in [-0.2, 0) is 10.3 Å². The van der Waals surface area contributed by atoms with Gasteiger partial charge in [-0.1, -0.05) is 30.3 Å². The Bertz CT molecular complexity index is 651. The van der Waals surface area contributed by atoms with Gasteiger partial charge in [-0.15, -0.1) is 24.0 Å². The largest absolute Gasteiger partial charge is 0.423 e. The molecule has 3 rings (SSSR count). The molecule has 1 spiro atoms. The van der Waals surface area contributed by atoms with Gasteiger partial charge in [0.25, 0.3) is 0 Å². The van der Waals surface area contributed by atoms with E-state index in [-0.39, 0.29) is 35.0 Å². The van der Waals surface area contributed by atoms with Crippen LogP contribution in [0.15, 0.2) is 35.3 Å². The number of nitrogens with zero attached hydrogens (tertiary/aromatic N) is 2. The number of hydrogen-bond donors (Lipinski definition) is 2. The van der Waals surface area contributed by atoms with Crippen LogP contribution < -0.4 is 5.32 Å². The van der Waals surface area contributed by atoms with Crippen LogP contribution in [0.5, 0.6) is 0 Å². The number of aliphatic imine (C=N–C) groups is 1. The Hall–Kier alpha value is -1.07. The average molecular weight is 499 g/mol. The molecule has 1 aromatic carbocycles. The number of nitrogens with one attached hydrogen (secondary N) is 1.